The van der Waals surface area contributed by atoms with E-state index in [4.69, 9.17) is 5.73 Å². The Morgan fingerprint density at radius 3 is 2.87 bits per heavy atom. The lowest BCUT2D eigenvalue weighted by molar-refractivity contribution is 0.890. The summed E-state index contributed by atoms with van der Waals surface area (Å²) in [7, 11) is 0. The van der Waals surface area contributed by atoms with E-state index in [1.54, 1.807) is 23.1 Å². The van der Waals surface area contributed by atoms with Crippen molar-refractivity contribution in [1.82, 2.24) is 29.8 Å². The molecule has 122 valence electrons. The number of rotatable bonds is 7. The second-order valence-corrected chi connectivity index (χ2v) is 8.20. The molecule has 0 aromatic carbocycles. The van der Waals surface area contributed by atoms with Crippen LogP contribution in [0.4, 0.5) is 5.95 Å². The minimum absolute atomic E-state index is 0.164. The first-order valence-electron chi connectivity index (χ1n) is 6.99. The number of nitrogens with one attached hydrogen (secondary N) is 1. The van der Waals surface area contributed by atoms with Crippen LogP contribution in [0.15, 0.2) is 19.5 Å². The Hall–Kier alpha value is -1.59. The fourth-order valence-corrected chi connectivity index (χ4v) is 4.84. The number of aromatic nitrogens is 6. The summed E-state index contributed by atoms with van der Waals surface area (Å²) in [5, 5.41) is 11.0. The molecule has 0 atom stereocenters. The molecule has 11 heteroatoms. The van der Waals surface area contributed by atoms with Crippen LogP contribution in [0, 0.1) is 0 Å². The van der Waals surface area contributed by atoms with Crippen LogP contribution in [0.1, 0.15) is 25.5 Å². The van der Waals surface area contributed by atoms with E-state index in [1.807, 2.05) is 0 Å². The summed E-state index contributed by atoms with van der Waals surface area (Å²) in [4.78, 5) is 20.2. The van der Waals surface area contributed by atoms with Crippen LogP contribution in [0.2, 0.25) is 0 Å². The Labute approximate surface area is 144 Å². The standard InChI is InChI=1S/C12H15N7OS3/c1-2-3-4-21-11-16-17-12(23-11)22-6-7-5-8(20)19-10(14-7)15-9(13)18-19/h5H,2-4,6H2,1H3,(H3,13,14,15,18). The normalized spacial score (nSPS) is 11.3. The molecule has 3 aromatic rings. The SMILES string of the molecule is CCCCSc1nnc(SCc2cc(=O)n3[nH]c(N)nc3n2)s1. The zero-order chi connectivity index (χ0) is 16.2. The molecule has 3 N–H and O–H groups in total. The number of nitrogen functional groups attached to an aromatic ring is 1. The van der Waals surface area contributed by atoms with Crippen molar-refractivity contribution in [1.29, 1.82) is 0 Å². The van der Waals surface area contributed by atoms with Gasteiger partial charge in [0.05, 0.1) is 5.69 Å². The smallest absolute Gasteiger partial charge is 0.274 e. The number of hydrogen-bond acceptors (Lipinski definition) is 9. The van der Waals surface area contributed by atoms with Gasteiger partial charge in [-0.15, -0.1) is 10.2 Å². The number of thioether (sulfide) groups is 2. The lowest BCUT2D eigenvalue weighted by Crippen LogP contribution is -2.15. The Bertz CT molecular complexity index is 856. The molecule has 0 unspecified atom stereocenters. The van der Waals surface area contributed by atoms with Crippen LogP contribution in [0.25, 0.3) is 5.78 Å². The minimum atomic E-state index is -0.233. The van der Waals surface area contributed by atoms with Crippen molar-refractivity contribution >= 4 is 46.6 Å². The summed E-state index contributed by atoms with van der Waals surface area (Å²) in [5.74, 6) is 2.04. The number of unbranched alkanes of at least 4 members (excludes halogenated alkanes) is 1. The number of fused-ring (bicyclic) bond motifs is 1. The molecular formula is C12H15N7OS3. The molecule has 0 bridgehead atoms. The molecule has 0 amide bonds. The lowest BCUT2D eigenvalue weighted by Gasteiger charge is -1.97. The molecule has 3 rings (SSSR count). The van der Waals surface area contributed by atoms with E-state index in [1.165, 1.54) is 35.2 Å². The molecular weight excluding hydrogens is 354 g/mol. The van der Waals surface area contributed by atoms with Gasteiger partial charge >= 0.3 is 0 Å². The molecule has 0 aliphatic carbocycles. The molecule has 0 radical (unpaired) electrons. The van der Waals surface area contributed by atoms with Gasteiger partial charge in [0, 0.05) is 17.6 Å². The topological polar surface area (TPSA) is 115 Å². The summed E-state index contributed by atoms with van der Waals surface area (Å²) in [5.41, 5.74) is 5.94. The van der Waals surface area contributed by atoms with Crippen LogP contribution < -0.4 is 11.3 Å². The molecule has 0 spiro atoms. The van der Waals surface area contributed by atoms with Crippen molar-refractivity contribution in [3.05, 3.63) is 22.1 Å². The van der Waals surface area contributed by atoms with Gasteiger partial charge in [-0.2, -0.15) is 9.50 Å². The van der Waals surface area contributed by atoms with Crippen molar-refractivity contribution in [2.24, 2.45) is 0 Å². The fourth-order valence-electron chi connectivity index (χ4n) is 1.77. The summed E-state index contributed by atoms with van der Waals surface area (Å²) in [6, 6.07) is 1.47. The van der Waals surface area contributed by atoms with E-state index in [0.29, 0.717) is 11.4 Å². The predicted octanol–water partition coefficient (Wildman–Crippen LogP) is 2.04. The summed E-state index contributed by atoms with van der Waals surface area (Å²) >= 11 is 4.80. The lowest BCUT2D eigenvalue weighted by atomic mass is 10.4. The van der Waals surface area contributed by atoms with Crippen molar-refractivity contribution in [3.8, 4) is 0 Å². The van der Waals surface area contributed by atoms with Gasteiger partial charge in [-0.3, -0.25) is 9.89 Å². The maximum atomic E-state index is 11.9. The van der Waals surface area contributed by atoms with Gasteiger partial charge < -0.3 is 5.73 Å². The predicted molar refractivity (Wildman–Crippen MR) is 93.1 cm³/mol. The van der Waals surface area contributed by atoms with Gasteiger partial charge in [0.15, 0.2) is 8.68 Å². The van der Waals surface area contributed by atoms with Crippen LogP contribution in [-0.4, -0.2) is 35.5 Å². The third-order valence-corrected chi connectivity index (χ3v) is 6.17. The van der Waals surface area contributed by atoms with Crippen LogP contribution >= 0.6 is 34.9 Å². The van der Waals surface area contributed by atoms with Crippen LogP contribution in [0.5, 0.6) is 0 Å². The number of H-pyrrole nitrogens is 1. The monoisotopic (exact) mass is 369 g/mol. The highest BCUT2D eigenvalue weighted by molar-refractivity contribution is 8.02. The van der Waals surface area contributed by atoms with Gasteiger partial charge in [0.1, 0.15) is 0 Å². The third kappa shape index (κ3) is 4.03. The first kappa shape index (κ1) is 16.3. The van der Waals surface area contributed by atoms with E-state index in [-0.39, 0.29) is 17.3 Å². The Morgan fingerprint density at radius 1 is 1.30 bits per heavy atom. The molecule has 3 heterocycles. The zero-order valence-corrected chi connectivity index (χ0v) is 14.8. The number of hydrogen-bond donors (Lipinski definition) is 2. The summed E-state index contributed by atoms with van der Waals surface area (Å²) in [6.07, 6.45) is 2.35. The Balaban J connectivity index is 1.65. The number of nitrogens with zero attached hydrogens (tertiary/aromatic N) is 5. The Kier molecular flexibility index (Phi) is 5.18. The average Bonchev–Trinajstić information content (AvgIpc) is 3.11. The molecule has 0 aliphatic rings. The first-order valence-corrected chi connectivity index (χ1v) is 9.77. The first-order chi connectivity index (χ1) is 11.2. The van der Waals surface area contributed by atoms with Gasteiger partial charge in [0.25, 0.3) is 11.3 Å². The molecule has 0 saturated carbocycles. The van der Waals surface area contributed by atoms with Crippen molar-refractivity contribution < 1.29 is 0 Å². The highest BCUT2D eigenvalue weighted by Gasteiger charge is 2.09. The zero-order valence-electron chi connectivity index (χ0n) is 12.4. The second kappa shape index (κ2) is 7.32. The maximum Gasteiger partial charge on any atom is 0.274 e. The maximum absolute atomic E-state index is 11.9. The van der Waals surface area contributed by atoms with Crippen molar-refractivity contribution in [2.45, 2.75) is 34.2 Å². The molecule has 0 aliphatic heterocycles. The third-order valence-electron chi connectivity index (χ3n) is 2.86. The molecule has 0 saturated heterocycles. The van der Waals surface area contributed by atoms with Gasteiger partial charge in [-0.05, 0) is 6.42 Å². The highest BCUT2D eigenvalue weighted by Crippen LogP contribution is 2.30. The Morgan fingerprint density at radius 2 is 2.09 bits per heavy atom. The average molecular weight is 370 g/mol. The van der Waals surface area contributed by atoms with E-state index in [0.717, 1.165) is 14.4 Å². The van der Waals surface area contributed by atoms with E-state index in [9.17, 15) is 4.79 Å². The highest BCUT2D eigenvalue weighted by atomic mass is 32.2. The van der Waals surface area contributed by atoms with Gasteiger partial charge in [-0.1, -0.05) is 48.2 Å². The molecule has 0 fully saturated rings. The van der Waals surface area contributed by atoms with E-state index < -0.39 is 0 Å². The molecule has 23 heavy (non-hydrogen) atoms. The largest absolute Gasteiger partial charge is 0.368 e. The van der Waals surface area contributed by atoms with Crippen LogP contribution in [-0.2, 0) is 5.75 Å². The second-order valence-electron chi connectivity index (χ2n) is 4.65. The summed E-state index contributed by atoms with van der Waals surface area (Å²) < 4.78 is 3.06. The van der Waals surface area contributed by atoms with E-state index in [2.05, 4.69) is 32.2 Å². The van der Waals surface area contributed by atoms with Crippen molar-refractivity contribution in [3.63, 3.8) is 0 Å². The quantitative estimate of drug-likeness (QED) is 0.480. The van der Waals surface area contributed by atoms with Crippen molar-refractivity contribution in [2.75, 3.05) is 11.5 Å². The number of anilines is 1. The summed E-state index contributed by atoms with van der Waals surface area (Å²) in [6.45, 7) is 2.17. The van der Waals surface area contributed by atoms with Gasteiger partial charge in [-0.25, -0.2) is 4.98 Å². The number of aromatic amines is 1. The fraction of sp³-hybridized carbons (Fsp3) is 0.417. The number of nitrogens with two attached hydrogens (primary N) is 1. The molecule has 8 nitrogen and oxygen atoms in total. The van der Waals surface area contributed by atoms with E-state index >= 15 is 0 Å². The van der Waals surface area contributed by atoms with Gasteiger partial charge in [0.2, 0.25) is 5.95 Å². The minimum Gasteiger partial charge on any atom is -0.368 e. The molecule has 3 aromatic heterocycles. The van der Waals surface area contributed by atoms with Crippen LogP contribution in [0.3, 0.4) is 0 Å².